The van der Waals surface area contributed by atoms with Crippen LogP contribution in [0, 0.1) is 0 Å². The van der Waals surface area contributed by atoms with Crippen molar-refractivity contribution in [2.75, 3.05) is 28.8 Å². The molecule has 2 aliphatic heterocycles. The molecular weight excluding hydrogens is 863 g/mol. The Balaban J connectivity index is 1.03. The van der Waals surface area contributed by atoms with E-state index in [1.807, 2.05) is 0 Å². The first-order valence-electron chi connectivity index (χ1n) is 26.5. The molecule has 9 aromatic rings. The normalized spacial score (nSPS) is 21.7. The van der Waals surface area contributed by atoms with Crippen molar-refractivity contribution in [3.05, 3.63) is 197 Å². The van der Waals surface area contributed by atoms with Crippen LogP contribution in [0.3, 0.4) is 0 Å². The molecule has 0 bridgehead atoms. The van der Waals surface area contributed by atoms with Gasteiger partial charge in [-0.05, 0) is 155 Å². The second-order valence-electron chi connectivity index (χ2n) is 22.6. The molecule has 4 nitrogen and oxygen atoms in total. The second-order valence-corrected chi connectivity index (χ2v) is 22.6. The lowest BCUT2D eigenvalue weighted by Crippen LogP contribution is -2.48. The van der Waals surface area contributed by atoms with Crippen molar-refractivity contribution in [2.24, 2.45) is 0 Å². The average molecular weight is 926 g/mol. The maximum Gasteiger partial charge on any atom is 0.143 e. The number of anilines is 5. The van der Waals surface area contributed by atoms with Gasteiger partial charge in [0.15, 0.2) is 0 Å². The van der Waals surface area contributed by atoms with Crippen molar-refractivity contribution >= 4 is 50.4 Å². The van der Waals surface area contributed by atoms with Gasteiger partial charge in [-0.1, -0.05) is 149 Å². The number of rotatable bonds is 9. The minimum Gasteiger partial charge on any atom is -0.455 e. The average Bonchev–Trinajstić information content (AvgIpc) is 4.19. The van der Waals surface area contributed by atoms with Crippen LogP contribution in [0.2, 0.25) is 0 Å². The monoisotopic (exact) mass is 925 g/mol. The van der Waals surface area contributed by atoms with Gasteiger partial charge in [-0.25, -0.2) is 0 Å². The zero-order valence-corrected chi connectivity index (χ0v) is 42.2. The molecule has 1 spiro atoms. The van der Waals surface area contributed by atoms with Gasteiger partial charge in [0.2, 0.25) is 0 Å². The molecule has 3 atom stereocenters. The quantitative estimate of drug-likeness (QED) is 0.135. The van der Waals surface area contributed by atoms with Crippen LogP contribution in [-0.4, -0.2) is 25.2 Å². The first kappa shape index (κ1) is 42.8. The molecule has 0 N–H and O–H groups in total. The van der Waals surface area contributed by atoms with E-state index in [9.17, 15) is 0 Å². The Morgan fingerprint density at radius 3 is 2.00 bits per heavy atom. The molecule has 5 aliphatic rings. The van der Waals surface area contributed by atoms with E-state index in [2.05, 4.69) is 220 Å². The highest BCUT2D eigenvalue weighted by atomic mass is 16.3. The van der Waals surface area contributed by atoms with Gasteiger partial charge < -0.3 is 19.1 Å². The predicted molar refractivity (Wildman–Crippen MR) is 297 cm³/mol. The third-order valence-electron chi connectivity index (χ3n) is 18.6. The molecule has 8 aromatic carbocycles. The minimum atomic E-state index is -0.568. The molecule has 352 valence electrons. The van der Waals surface area contributed by atoms with Gasteiger partial charge in [0.25, 0.3) is 0 Å². The standard InChI is InChI=1S/C67H63N3O/c1-7-8-9-18-36-64(2)42-44-20-10-16-26-58(44)69(64)47-33-34-50-56(39-47)67(53-23-13-11-21-48(53)49-22-12-14-24-54(49)67)57-41-52(63-62(61(50)57)51-35-32-46(68(5)6)40-60(51)71-63)43-28-30-45(31-29-43)70-59-27-17-15-25-55(59)65(3)37-19-38-66(65,70)4/h10-17,20-35,39-41H,7-9,18-19,36-38,42H2,1-6H3. The van der Waals surface area contributed by atoms with Gasteiger partial charge >= 0.3 is 0 Å². The smallest absolute Gasteiger partial charge is 0.143 e. The Kier molecular flexibility index (Phi) is 9.18. The van der Waals surface area contributed by atoms with Gasteiger partial charge in [-0.2, -0.15) is 0 Å². The van der Waals surface area contributed by atoms with Crippen molar-refractivity contribution in [1.82, 2.24) is 0 Å². The number of nitrogens with zero attached hydrogens (tertiary/aromatic N) is 3. The Bertz CT molecular complexity index is 3610. The molecule has 0 saturated heterocycles. The van der Waals surface area contributed by atoms with Crippen LogP contribution in [0.25, 0.3) is 55.3 Å². The number of hydrogen-bond donors (Lipinski definition) is 0. The highest BCUT2D eigenvalue weighted by Crippen LogP contribution is 2.67. The Morgan fingerprint density at radius 2 is 1.25 bits per heavy atom. The Labute approximate surface area is 419 Å². The van der Waals surface area contributed by atoms with E-state index in [4.69, 9.17) is 4.42 Å². The number of fused-ring (bicyclic) bond motifs is 18. The van der Waals surface area contributed by atoms with Crippen LogP contribution < -0.4 is 14.7 Å². The van der Waals surface area contributed by atoms with E-state index in [1.165, 1.54) is 134 Å². The summed E-state index contributed by atoms with van der Waals surface area (Å²) in [6.45, 7) is 9.85. The zero-order valence-electron chi connectivity index (χ0n) is 42.2. The van der Waals surface area contributed by atoms with E-state index in [1.54, 1.807) is 0 Å². The summed E-state index contributed by atoms with van der Waals surface area (Å²) in [5, 5.41) is 2.35. The molecule has 3 aliphatic carbocycles. The lowest BCUT2D eigenvalue weighted by Gasteiger charge is -2.42. The molecular formula is C67H63N3O. The SMILES string of the molecule is CCCCCCC1(C)Cc2ccccc2N1c1ccc2c(c1)C1(c3ccccc3-c3ccccc31)c1cc(-c3ccc(N4c5ccccc5C5(C)CCCC45C)cc3)c3oc4cc(N(C)C)ccc4c3c1-2. The predicted octanol–water partition coefficient (Wildman–Crippen LogP) is 17.4. The molecule has 0 radical (unpaired) electrons. The Morgan fingerprint density at radius 1 is 0.563 bits per heavy atom. The van der Waals surface area contributed by atoms with Gasteiger partial charge in [-0.15, -0.1) is 0 Å². The number of hydrogen-bond acceptors (Lipinski definition) is 4. The Hall–Kier alpha value is -7.04. The summed E-state index contributed by atoms with van der Waals surface area (Å²) < 4.78 is 7.30. The highest BCUT2D eigenvalue weighted by Gasteiger charge is 2.59. The van der Waals surface area contributed by atoms with Crippen LogP contribution in [0.1, 0.15) is 112 Å². The lowest BCUT2D eigenvalue weighted by atomic mass is 9.70. The fourth-order valence-corrected chi connectivity index (χ4v) is 15.1. The van der Waals surface area contributed by atoms with E-state index in [-0.39, 0.29) is 16.5 Å². The van der Waals surface area contributed by atoms with E-state index >= 15 is 0 Å². The van der Waals surface area contributed by atoms with Crippen LogP contribution in [0.4, 0.5) is 28.4 Å². The summed E-state index contributed by atoms with van der Waals surface area (Å²) in [6.07, 6.45) is 10.9. The largest absolute Gasteiger partial charge is 0.455 e. The van der Waals surface area contributed by atoms with Gasteiger partial charge in [-0.3, -0.25) is 0 Å². The lowest BCUT2D eigenvalue weighted by molar-refractivity contribution is 0.330. The van der Waals surface area contributed by atoms with Crippen LogP contribution in [-0.2, 0) is 17.3 Å². The van der Waals surface area contributed by atoms with Crippen LogP contribution in [0.15, 0.2) is 168 Å². The topological polar surface area (TPSA) is 22.9 Å². The summed E-state index contributed by atoms with van der Waals surface area (Å²) in [6, 6.07) is 63.3. The third kappa shape index (κ3) is 5.62. The van der Waals surface area contributed by atoms with E-state index < -0.39 is 5.41 Å². The van der Waals surface area contributed by atoms with Gasteiger partial charge in [0.1, 0.15) is 11.2 Å². The second kappa shape index (κ2) is 15.2. The zero-order chi connectivity index (χ0) is 48.0. The summed E-state index contributed by atoms with van der Waals surface area (Å²) in [5.41, 5.74) is 23.6. The van der Waals surface area contributed by atoms with Crippen molar-refractivity contribution in [3.63, 3.8) is 0 Å². The number of furan rings is 1. The molecule has 71 heavy (non-hydrogen) atoms. The number of unbranched alkanes of at least 4 members (excludes halogenated alkanes) is 3. The minimum absolute atomic E-state index is 0.00578. The third-order valence-corrected chi connectivity index (χ3v) is 18.6. The fraction of sp³-hybridized carbons (Fsp3) is 0.284. The molecule has 1 saturated carbocycles. The van der Waals surface area contributed by atoms with Gasteiger partial charge in [0.05, 0.1) is 11.0 Å². The van der Waals surface area contributed by atoms with Crippen molar-refractivity contribution in [2.45, 2.75) is 107 Å². The van der Waals surface area contributed by atoms with Crippen molar-refractivity contribution < 1.29 is 4.42 Å². The maximum atomic E-state index is 7.30. The number of benzene rings is 8. The molecule has 4 heteroatoms. The summed E-state index contributed by atoms with van der Waals surface area (Å²) in [4.78, 5) is 7.57. The first-order valence-corrected chi connectivity index (χ1v) is 26.5. The fourth-order valence-electron chi connectivity index (χ4n) is 15.1. The molecule has 3 unspecified atom stereocenters. The molecule has 1 aromatic heterocycles. The molecule has 1 fully saturated rings. The van der Waals surface area contributed by atoms with Crippen LogP contribution >= 0.6 is 0 Å². The summed E-state index contributed by atoms with van der Waals surface area (Å²) in [5.74, 6) is 0. The molecule has 14 rings (SSSR count). The van der Waals surface area contributed by atoms with Gasteiger partial charge in [0, 0.05) is 75.9 Å². The number of para-hydroxylation sites is 2. The van der Waals surface area contributed by atoms with E-state index in [0.717, 1.165) is 40.6 Å². The molecule has 3 heterocycles. The maximum absolute atomic E-state index is 7.30. The highest BCUT2D eigenvalue weighted by molar-refractivity contribution is 6.20. The van der Waals surface area contributed by atoms with Crippen LogP contribution in [0.5, 0.6) is 0 Å². The summed E-state index contributed by atoms with van der Waals surface area (Å²) in [7, 11) is 4.23. The molecule has 0 amide bonds. The van der Waals surface area contributed by atoms with Crippen molar-refractivity contribution in [3.8, 4) is 33.4 Å². The van der Waals surface area contributed by atoms with E-state index in [0.29, 0.717) is 0 Å². The van der Waals surface area contributed by atoms with Crippen molar-refractivity contribution in [1.29, 1.82) is 0 Å². The summed E-state index contributed by atoms with van der Waals surface area (Å²) >= 11 is 0. The first-order chi connectivity index (χ1) is 34.6.